The number of hydrogen-bond donors (Lipinski definition) is 5. The Morgan fingerprint density at radius 3 is 1.23 bits per heavy atom. The van der Waals surface area contributed by atoms with Crippen molar-refractivity contribution in [1.82, 2.24) is 5.32 Å². The number of carbonyl (C=O) groups excluding carboxylic acids is 1. The molecule has 39 heavy (non-hydrogen) atoms. The van der Waals surface area contributed by atoms with E-state index in [1.54, 1.807) is 0 Å². The summed E-state index contributed by atoms with van der Waals surface area (Å²) in [6, 6.07) is -0.975. The average Bonchev–Trinajstić information content (AvgIpc) is 2.94. The van der Waals surface area contributed by atoms with Gasteiger partial charge in [0.1, 0.15) is 12.2 Å². The van der Waals surface area contributed by atoms with E-state index in [-0.39, 0.29) is 0 Å². The van der Waals surface area contributed by atoms with Crippen molar-refractivity contribution >= 4 is 5.91 Å². The molecular weight excluding hydrogens is 490 g/mol. The maximum absolute atomic E-state index is 12.3. The Kier molecular flexibility index (Phi) is 28.3. The lowest BCUT2D eigenvalue weighted by molar-refractivity contribution is -0.132. The fraction of sp³-hybridized carbons (Fsp3) is 0.970. The van der Waals surface area contributed by atoms with Gasteiger partial charge in [0.05, 0.1) is 18.8 Å². The van der Waals surface area contributed by atoms with Gasteiger partial charge in [-0.1, -0.05) is 162 Å². The number of nitrogens with one attached hydrogen (secondary N) is 1. The van der Waals surface area contributed by atoms with Crippen LogP contribution in [0, 0.1) is 0 Å². The normalized spacial score (nSPS) is 14.7. The highest BCUT2D eigenvalue weighted by Gasteiger charge is 2.28. The first-order valence-corrected chi connectivity index (χ1v) is 16.9. The molecule has 234 valence electrons. The lowest BCUT2D eigenvalue weighted by Gasteiger charge is -2.27. The number of rotatable bonds is 30. The predicted octanol–water partition coefficient (Wildman–Crippen LogP) is 7.34. The van der Waals surface area contributed by atoms with Crippen molar-refractivity contribution in [2.75, 3.05) is 6.61 Å². The van der Waals surface area contributed by atoms with E-state index in [1.807, 2.05) is 0 Å². The molecule has 0 aliphatic rings. The summed E-state index contributed by atoms with van der Waals surface area (Å²) in [7, 11) is 0. The molecular formula is C33H67NO5. The van der Waals surface area contributed by atoms with Gasteiger partial charge in [0, 0.05) is 0 Å². The van der Waals surface area contributed by atoms with Crippen LogP contribution >= 0.6 is 0 Å². The molecule has 0 aliphatic carbocycles. The zero-order valence-corrected chi connectivity index (χ0v) is 25.9. The standard InChI is InChI=1S/C33H67NO5/c1-3-5-7-9-11-13-14-15-16-17-19-20-22-24-26-30(36)32(38)29(28-35)34-33(39)31(37)27-25-23-21-18-12-10-8-6-4-2/h29-32,35-38H,3-28H2,1-2H3,(H,34,39). The summed E-state index contributed by atoms with van der Waals surface area (Å²) in [5, 5.41) is 43.2. The van der Waals surface area contributed by atoms with Crippen molar-refractivity contribution in [2.45, 2.75) is 199 Å². The van der Waals surface area contributed by atoms with E-state index < -0.39 is 36.9 Å². The average molecular weight is 558 g/mol. The van der Waals surface area contributed by atoms with Gasteiger partial charge in [0.2, 0.25) is 5.91 Å². The Hall–Kier alpha value is -0.690. The SMILES string of the molecule is CCCCCCCCCCCCCCCCC(O)C(O)C(CO)NC(=O)C(O)CCCCCCCCCCC. The lowest BCUT2D eigenvalue weighted by atomic mass is 9.99. The van der Waals surface area contributed by atoms with Crippen LogP contribution in [0.15, 0.2) is 0 Å². The molecule has 0 fully saturated rings. The zero-order valence-electron chi connectivity index (χ0n) is 25.9. The molecule has 0 saturated carbocycles. The molecule has 0 aromatic rings. The van der Waals surface area contributed by atoms with Crippen LogP contribution in [0.1, 0.15) is 174 Å². The van der Waals surface area contributed by atoms with Gasteiger partial charge in [0.15, 0.2) is 0 Å². The second kappa shape index (κ2) is 28.8. The number of carbonyl (C=O) groups is 1. The summed E-state index contributed by atoms with van der Waals surface area (Å²) < 4.78 is 0. The molecule has 0 spiro atoms. The number of unbranched alkanes of at least 4 members (excludes halogenated alkanes) is 21. The number of aliphatic hydroxyl groups excluding tert-OH is 4. The Balaban J connectivity index is 3.83. The fourth-order valence-electron chi connectivity index (χ4n) is 5.28. The van der Waals surface area contributed by atoms with E-state index in [9.17, 15) is 25.2 Å². The molecule has 0 rings (SSSR count). The van der Waals surface area contributed by atoms with E-state index in [2.05, 4.69) is 19.2 Å². The third kappa shape index (κ3) is 23.7. The van der Waals surface area contributed by atoms with Crippen molar-refractivity contribution in [3.63, 3.8) is 0 Å². The molecule has 4 atom stereocenters. The largest absolute Gasteiger partial charge is 0.394 e. The molecule has 0 bridgehead atoms. The van der Waals surface area contributed by atoms with Crippen LogP contribution in [-0.4, -0.2) is 57.3 Å². The summed E-state index contributed by atoms with van der Waals surface area (Å²) >= 11 is 0. The molecule has 0 heterocycles. The van der Waals surface area contributed by atoms with Crippen LogP contribution in [0.4, 0.5) is 0 Å². The summed E-state index contributed by atoms with van der Waals surface area (Å²) in [5.74, 6) is -0.587. The maximum atomic E-state index is 12.3. The summed E-state index contributed by atoms with van der Waals surface area (Å²) in [6.07, 6.45) is 25.5. The Morgan fingerprint density at radius 1 is 0.538 bits per heavy atom. The Morgan fingerprint density at radius 2 is 0.872 bits per heavy atom. The molecule has 6 nitrogen and oxygen atoms in total. The van der Waals surface area contributed by atoms with Crippen molar-refractivity contribution in [2.24, 2.45) is 0 Å². The number of aliphatic hydroxyl groups is 4. The first-order valence-electron chi connectivity index (χ1n) is 16.9. The van der Waals surface area contributed by atoms with Gasteiger partial charge in [-0.15, -0.1) is 0 Å². The highest BCUT2D eigenvalue weighted by molar-refractivity contribution is 5.80. The zero-order chi connectivity index (χ0) is 29.0. The highest BCUT2D eigenvalue weighted by Crippen LogP contribution is 2.16. The van der Waals surface area contributed by atoms with E-state index in [0.29, 0.717) is 12.8 Å². The van der Waals surface area contributed by atoms with Crippen molar-refractivity contribution in [3.05, 3.63) is 0 Å². The Labute approximate surface area is 241 Å². The van der Waals surface area contributed by atoms with Crippen LogP contribution in [0.25, 0.3) is 0 Å². The summed E-state index contributed by atoms with van der Waals surface area (Å²) in [6.45, 7) is 4.00. The van der Waals surface area contributed by atoms with E-state index >= 15 is 0 Å². The first-order chi connectivity index (χ1) is 19.0. The predicted molar refractivity (Wildman–Crippen MR) is 164 cm³/mol. The quantitative estimate of drug-likeness (QED) is 0.0594. The molecule has 0 radical (unpaired) electrons. The third-order valence-corrected chi connectivity index (χ3v) is 8.07. The van der Waals surface area contributed by atoms with Gasteiger partial charge in [0.25, 0.3) is 0 Å². The van der Waals surface area contributed by atoms with Crippen LogP contribution < -0.4 is 5.32 Å². The van der Waals surface area contributed by atoms with Crippen LogP contribution in [0.3, 0.4) is 0 Å². The summed E-state index contributed by atoms with van der Waals surface area (Å²) in [5.41, 5.74) is 0. The Bertz CT molecular complexity index is 518. The van der Waals surface area contributed by atoms with E-state index in [0.717, 1.165) is 38.5 Å². The van der Waals surface area contributed by atoms with Gasteiger partial charge >= 0.3 is 0 Å². The van der Waals surface area contributed by atoms with Gasteiger partial charge in [-0.2, -0.15) is 0 Å². The van der Waals surface area contributed by atoms with Crippen LogP contribution in [-0.2, 0) is 4.79 Å². The van der Waals surface area contributed by atoms with Gasteiger partial charge in [-0.3, -0.25) is 4.79 Å². The van der Waals surface area contributed by atoms with Crippen molar-refractivity contribution in [1.29, 1.82) is 0 Å². The van der Waals surface area contributed by atoms with Gasteiger partial charge < -0.3 is 25.7 Å². The molecule has 5 N–H and O–H groups in total. The smallest absolute Gasteiger partial charge is 0.249 e. The molecule has 4 unspecified atom stereocenters. The minimum atomic E-state index is -1.25. The van der Waals surface area contributed by atoms with E-state index in [4.69, 9.17) is 0 Å². The first kappa shape index (κ1) is 38.3. The second-order valence-electron chi connectivity index (χ2n) is 11.9. The van der Waals surface area contributed by atoms with Crippen LogP contribution in [0.5, 0.6) is 0 Å². The van der Waals surface area contributed by atoms with E-state index in [1.165, 1.54) is 109 Å². The van der Waals surface area contributed by atoms with Crippen LogP contribution in [0.2, 0.25) is 0 Å². The molecule has 0 saturated heterocycles. The second-order valence-corrected chi connectivity index (χ2v) is 11.9. The third-order valence-electron chi connectivity index (χ3n) is 8.07. The minimum Gasteiger partial charge on any atom is -0.394 e. The van der Waals surface area contributed by atoms with Crippen molar-refractivity contribution < 1.29 is 25.2 Å². The molecule has 0 aliphatic heterocycles. The topological polar surface area (TPSA) is 110 Å². The van der Waals surface area contributed by atoms with Crippen molar-refractivity contribution in [3.8, 4) is 0 Å². The molecule has 6 heteroatoms. The molecule has 1 amide bonds. The minimum absolute atomic E-state index is 0.373. The van der Waals surface area contributed by atoms with Gasteiger partial charge in [-0.25, -0.2) is 0 Å². The number of amides is 1. The monoisotopic (exact) mass is 558 g/mol. The van der Waals surface area contributed by atoms with Gasteiger partial charge in [-0.05, 0) is 12.8 Å². The fourth-order valence-corrected chi connectivity index (χ4v) is 5.28. The molecule has 0 aromatic heterocycles. The highest BCUT2D eigenvalue weighted by atomic mass is 16.3. The number of hydrogen-bond acceptors (Lipinski definition) is 5. The lowest BCUT2D eigenvalue weighted by Crippen LogP contribution is -2.53. The molecule has 0 aromatic carbocycles. The maximum Gasteiger partial charge on any atom is 0.249 e. The summed E-state index contributed by atoms with van der Waals surface area (Å²) in [4.78, 5) is 12.3.